The Labute approximate surface area is 285 Å². The van der Waals surface area contributed by atoms with E-state index >= 15 is 4.39 Å². The molecule has 4 heterocycles. The second-order valence-corrected chi connectivity index (χ2v) is 13.4. The number of fused-ring (bicyclic) bond motifs is 1. The second kappa shape index (κ2) is 14.4. The monoisotopic (exact) mass is 701 g/mol. The fourth-order valence-corrected chi connectivity index (χ4v) is 6.74. The number of ether oxygens (including phenoxy) is 1. The SMILES string of the molecule is Cn1c(=O)n(-c2ccc(C[C@H](NC(=O)c3ccc(NS(=O)(=O)c4ccccn4)cc3F)C(=O)OC3CCCCC3)nc2)c(=O)c2ccncc21. The van der Waals surface area contributed by atoms with Crippen LogP contribution in [0.5, 0.6) is 0 Å². The maximum atomic E-state index is 15.2. The van der Waals surface area contributed by atoms with Crippen LogP contribution in [0.2, 0.25) is 0 Å². The molecule has 1 aliphatic rings. The summed E-state index contributed by atoms with van der Waals surface area (Å²) in [6, 6.07) is 10.7. The van der Waals surface area contributed by atoms with E-state index < -0.39 is 50.6 Å². The Morgan fingerprint density at radius 2 is 1.80 bits per heavy atom. The number of pyridine rings is 3. The van der Waals surface area contributed by atoms with Gasteiger partial charge in [0, 0.05) is 31.6 Å². The molecular weight excluding hydrogens is 669 g/mol. The third-order valence-electron chi connectivity index (χ3n) is 8.36. The number of halogens is 1. The molecule has 1 aliphatic carbocycles. The van der Waals surface area contributed by atoms with E-state index in [1.807, 2.05) is 0 Å². The van der Waals surface area contributed by atoms with Crippen molar-refractivity contribution in [1.82, 2.24) is 29.4 Å². The van der Waals surface area contributed by atoms with Crippen LogP contribution < -0.4 is 21.3 Å². The minimum absolute atomic E-state index is 0.140. The molecule has 0 saturated heterocycles. The first-order chi connectivity index (χ1) is 24.0. The van der Waals surface area contributed by atoms with Crippen LogP contribution in [0.1, 0.15) is 48.2 Å². The van der Waals surface area contributed by atoms with Crippen molar-refractivity contribution < 1.29 is 27.1 Å². The van der Waals surface area contributed by atoms with Crippen molar-refractivity contribution in [2.24, 2.45) is 7.05 Å². The molecule has 16 heteroatoms. The number of anilines is 1. The van der Waals surface area contributed by atoms with E-state index in [-0.39, 0.29) is 34.3 Å². The maximum Gasteiger partial charge on any atom is 0.335 e. The Balaban J connectivity index is 1.23. The summed E-state index contributed by atoms with van der Waals surface area (Å²) in [7, 11) is -2.60. The van der Waals surface area contributed by atoms with Crippen molar-refractivity contribution in [3.63, 3.8) is 0 Å². The van der Waals surface area contributed by atoms with Crippen LogP contribution in [0.3, 0.4) is 0 Å². The molecule has 1 saturated carbocycles. The predicted molar refractivity (Wildman–Crippen MR) is 180 cm³/mol. The quantitative estimate of drug-likeness (QED) is 0.205. The van der Waals surface area contributed by atoms with Gasteiger partial charge in [0.1, 0.15) is 18.0 Å². The van der Waals surface area contributed by atoms with Crippen LogP contribution in [-0.4, -0.2) is 56.5 Å². The van der Waals surface area contributed by atoms with E-state index in [0.29, 0.717) is 24.1 Å². The zero-order chi connectivity index (χ0) is 35.4. The van der Waals surface area contributed by atoms with Gasteiger partial charge < -0.3 is 10.1 Å². The van der Waals surface area contributed by atoms with Crippen molar-refractivity contribution in [1.29, 1.82) is 0 Å². The molecule has 258 valence electrons. The summed E-state index contributed by atoms with van der Waals surface area (Å²) in [6.07, 6.45) is 9.16. The zero-order valence-corrected chi connectivity index (χ0v) is 27.6. The van der Waals surface area contributed by atoms with Gasteiger partial charge in [0.15, 0.2) is 5.03 Å². The lowest BCUT2D eigenvalue weighted by molar-refractivity contribution is -0.152. The Morgan fingerprint density at radius 1 is 1.00 bits per heavy atom. The summed E-state index contributed by atoms with van der Waals surface area (Å²) in [5, 5.41) is 2.55. The van der Waals surface area contributed by atoms with Crippen molar-refractivity contribution in [2.75, 3.05) is 4.72 Å². The summed E-state index contributed by atoms with van der Waals surface area (Å²) in [4.78, 5) is 65.2. The first-order valence-electron chi connectivity index (χ1n) is 15.8. The molecule has 1 amide bonds. The molecule has 5 aromatic rings. The highest BCUT2D eigenvalue weighted by atomic mass is 32.2. The Kier molecular flexibility index (Phi) is 9.81. The lowest BCUT2D eigenvalue weighted by Crippen LogP contribution is -2.45. The highest BCUT2D eigenvalue weighted by Crippen LogP contribution is 2.22. The Morgan fingerprint density at radius 3 is 2.50 bits per heavy atom. The lowest BCUT2D eigenvalue weighted by Gasteiger charge is -2.25. The molecule has 14 nitrogen and oxygen atoms in total. The van der Waals surface area contributed by atoms with Gasteiger partial charge in [-0.25, -0.2) is 23.5 Å². The van der Waals surface area contributed by atoms with Crippen LogP contribution in [0, 0.1) is 5.82 Å². The van der Waals surface area contributed by atoms with Crippen LogP contribution in [0.25, 0.3) is 16.6 Å². The maximum absolute atomic E-state index is 15.2. The fraction of sp³-hybridized carbons (Fsp3) is 0.265. The van der Waals surface area contributed by atoms with Crippen molar-refractivity contribution >= 4 is 38.5 Å². The molecule has 0 aliphatic heterocycles. The van der Waals surface area contributed by atoms with Gasteiger partial charge in [-0.15, -0.1) is 0 Å². The number of carbonyl (C=O) groups is 2. The molecule has 4 aromatic heterocycles. The number of carbonyl (C=O) groups excluding carboxylic acids is 2. The van der Waals surface area contributed by atoms with Gasteiger partial charge in [0.05, 0.1) is 40.2 Å². The lowest BCUT2D eigenvalue weighted by atomic mass is 9.97. The van der Waals surface area contributed by atoms with Crippen molar-refractivity contribution in [3.8, 4) is 5.69 Å². The van der Waals surface area contributed by atoms with E-state index in [0.717, 1.165) is 36.0 Å². The molecule has 1 fully saturated rings. The van der Waals surface area contributed by atoms with Gasteiger partial charge in [0.25, 0.3) is 21.5 Å². The first-order valence-corrected chi connectivity index (χ1v) is 17.3. The molecule has 0 spiro atoms. The van der Waals surface area contributed by atoms with E-state index in [4.69, 9.17) is 4.74 Å². The average Bonchev–Trinajstić information content (AvgIpc) is 3.12. The van der Waals surface area contributed by atoms with Crippen LogP contribution >= 0.6 is 0 Å². The summed E-state index contributed by atoms with van der Waals surface area (Å²) < 4.78 is 50.7. The predicted octanol–water partition coefficient (Wildman–Crippen LogP) is 3.03. The largest absolute Gasteiger partial charge is 0.461 e. The fourth-order valence-electron chi connectivity index (χ4n) is 5.74. The molecule has 6 rings (SSSR count). The van der Waals surface area contributed by atoms with Gasteiger partial charge >= 0.3 is 11.7 Å². The molecule has 1 atom stereocenters. The molecule has 0 radical (unpaired) electrons. The molecule has 50 heavy (non-hydrogen) atoms. The van der Waals surface area contributed by atoms with Crippen LogP contribution in [0.15, 0.2) is 94.0 Å². The highest BCUT2D eigenvalue weighted by Gasteiger charge is 2.29. The number of esters is 1. The molecule has 0 unspecified atom stereocenters. The third-order valence-corrected chi connectivity index (χ3v) is 9.65. The van der Waals surface area contributed by atoms with Crippen LogP contribution in [0.4, 0.5) is 10.1 Å². The van der Waals surface area contributed by atoms with E-state index in [2.05, 4.69) is 25.0 Å². The minimum Gasteiger partial charge on any atom is -0.461 e. The smallest absolute Gasteiger partial charge is 0.335 e. The number of amides is 1. The third kappa shape index (κ3) is 7.29. The molecule has 2 N–H and O–H groups in total. The number of nitrogens with zero attached hydrogens (tertiary/aromatic N) is 5. The summed E-state index contributed by atoms with van der Waals surface area (Å²) in [6.45, 7) is 0. The van der Waals surface area contributed by atoms with Crippen molar-refractivity contribution in [2.45, 2.75) is 55.7 Å². The number of nitrogens with one attached hydrogen (secondary N) is 2. The van der Waals surface area contributed by atoms with E-state index in [1.54, 1.807) is 6.07 Å². The van der Waals surface area contributed by atoms with Gasteiger partial charge in [-0.1, -0.05) is 12.5 Å². The number of benzene rings is 1. The Hall–Kier alpha value is -5.77. The van der Waals surface area contributed by atoms with Crippen molar-refractivity contribution in [3.05, 3.63) is 117 Å². The number of aromatic nitrogens is 5. The van der Waals surface area contributed by atoms with Gasteiger partial charge in [-0.3, -0.25) is 28.8 Å². The summed E-state index contributed by atoms with van der Waals surface area (Å²) >= 11 is 0. The number of hydrogen-bond acceptors (Lipinski definition) is 10. The average molecular weight is 702 g/mol. The zero-order valence-electron chi connectivity index (χ0n) is 26.8. The second-order valence-electron chi connectivity index (χ2n) is 11.8. The summed E-state index contributed by atoms with van der Waals surface area (Å²) in [5.41, 5.74) is -0.873. The molecular formula is C34H32FN7O7S. The van der Waals surface area contributed by atoms with Crippen LogP contribution in [-0.2, 0) is 33.0 Å². The van der Waals surface area contributed by atoms with E-state index in [1.165, 1.54) is 72.8 Å². The van der Waals surface area contributed by atoms with E-state index in [9.17, 15) is 27.6 Å². The number of aryl methyl sites for hydroxylation is 1. The number of rotatable bonds is 10. The van der Waals surface area contributed by atoms with Gasteiger partial charge in [-0.2, -0.15) is 8.42 Å². The minimum atomic E-state index is -4.12. The molecule has 1 aromatic carbocycles. The Bertz CT molecular complexity index is 2290. The highest BCUT2D eigenvalue weighted by molar-refractivity contribution is 7.92. The number of hydrogen-bond donors (Lipinski definition) is 2. The van der Waals surface area contributed by atoms with Gasteiger partial charge in [-0.05, 0) is 74.2 Å². The summed E-state index contributed by atoms with van der Waals surface area (Å²) in [5.74, 6) is -2.71. The standard InChI is InChI=1S/C34H32FN7O7S/c1-41-29-20-36-16-14-26(29)32(44)42(34(41)46)23-12-10-21(38-19-23)18-28(33(45)49-24-7-3-2-4-8-24)39-31(43)25-13-11-22(17-27(25)35)40-50(47,48)30-9-5-6-15-37-30/h5-6,9-17,19-20,24,28,40H,2-4,7-8,18H2,1H3,(H,39,43)/t28-/m0/s1. The van der Waals surface area contributed by atoms with Gasteiger partial charge in [0.2, 0.25) is 0 Å². The normalized spacial score (nSPS) is 14.2. The number of sulfonamides is 1. The topological polar surface area (TPSA) is 184 Å². The molecule has 0 bridgehead atoms. The first kappa shape index (κ1) is 34.1.